The zero-order chi connectivity index (χ0) is 13.6. The minimum atomic E-state index is -0.802. The van der Waals surface area contributed by atoms with E-state index in [4.69, 9.17) is 5.11 Å². The maximum Gasteiger partial charge on any atom is 0.306 e. The molecule has 0 aromatic carbocycles. The van der Waals surface area contributed by atoms with Gasteiger partial charge in [0, 0.05) is 6.04 Å². The van der Waals surface area contributed by atoms with E-state index in [0.29, 0.717) is 12.8 Å². The van der Waals surface area contributed by atoms with Gasteiger partial charge in [0.15, 0.2) is 0 Å². The standard InChI is InChI=1S/C14H19NO4/c16-12-10-5-2-6-11(10)13(17)15(12)9-4-1-3-8(7-9)14(18)19/h8-11H,1-7H2,(H,18,19). The van der Waals surface area contributed by atoms with Crippen molar-refractivity contribution >= 4 is 17.8 Å². The number of carbonyl (C=O) groups is 3. The van der Waals surface area contributed by atoms with Gasteiger partial charge in [-0.05, 0) is 32.1 Å². The second-order valence-corrected chi connectivity index (χ2v) is 6.05. The Morgan fingerprint density at radius 2 is 1.58 bits per heavy atom. The number of hydrogen-bond donors (Lipinski definition) is 1. The lowest BCUT2D eigenvalue weighted by molar-refractivity contribution is -0.149. The van der Waals surface area contributed by atoms with Crippen LogP contribution in [0.2, 0.25) is 0 Å². The number of hydrogen-bond acceptors (Lipinski definition) is 3. The maximum atomic E-state index is 12.3. The van der Waals surface area contributed by atoms with Gasteiger partial charge >= 0.3 is 5.97 Å². The summed E-state index contributed by atoms with van der Waals surface area (Å²) in [6.45, 7) is 0. The second-order valence-electron chi connectivity index (χ2n) is 6.05. The summed E-state index contributed by atoms with van der Waals surface area (Å²) in [6, 6.07) is -0.180. The minimum Gasteiger partial charge on any atom is -0.481 e. The van der Waals surface area contributed by atoms with Gasteiger partial charge in [-0.2, -0.15) is 0 Å². The summed E-state index contributed by atoms with van der Waals surface area (Å²) >= 11 is 0. The first-order valence-electron chi connectivity index (χ1n) is 7.19. The molecule has 5 nitrogen and oxygen atoms in total. The Bertz CT molecular complexity index is 411. The summed E-state index contributed by atoms with van der Waals surface area (Å²) < 4.78 is 0. The first-order chi connectivity index (χ1) is 9.09. The van der Waals surface area contributed by atoms with Crippen LogP contribution >= 0.6 is 0 Å². The molecule has 1 N–H and O–H groups in total. The monoisotopic (exact) mass is 265 g/mol. The van der Waals surface area contributed by atoms with Crippen molar-refractivity contribution in [1.29, 1.82) is 0 Å². The van der Waals surface area contributed by atoms with Crippen LogP contribution in [0.1, 0.15) is 44.9 Å². The van der Waals surface area contributed by atoms with Crippen molar-refractivity contribution in [3.05, 3.63) is 0 Å². The normalized spacial score (nSPS) is 38.6. The number of imide groups is 1. The summed E-state index contributed by atoms with van der Waals surface area (Å²) in [5.41, 5.74) is 0. The zero-order valence-corrected chi connectivity index (χ0v) is 10.9. The van der Waals surface area contributed by atoms with Crippen LogP contribution in [0.5, 0.6) is 0 Å². The molecule has 1 aliphatic heterocycles. The Labute approximate surface area is 112 Å². The fourth-order valence-electron chi connectivity index (χ4n) is 4.00. The van der Waals surface area contributed by atoms with Crippen molar-refractivity contribution in [3.8, 4) is 0 Å². The van der Waals surface area contributed by atoms with E-state index in [1.807, 2.05) is 0 Å². The molecule has 2 aliphatic carbocycles. The molecule has 104 valence electrons. The van der Waals surface area contributed by atoms with Crippen molar-refractivity contribution in [2.24, 2.45) is 17.8 Å². The van der Waals surface area contributed by atoms with Crippen LogP contribution in [-0.4, -0.2) is 33.8 Å². The number of likely N-dealkylation sites (tertiary alicyclic amines) is 1. The number of carbonyl (C=O) groups excluding carboxylic acids is 2. The second kappa shape index (κ2) is 4.62. The molecule has 4 unspecified atom stereocenters. The molecule has 19 heavy (non-hydrogen) atoms. The van der Waals surface area contributed by atoms with Crippen LogP contribution in [0.15, 0.2) is 0 Å². The Hall–Kier alpha value is -1.39. The highest BCUT2D eigenvalue weighted by atomic mass is 16.4. The molecule has 0 aromatic heterocycles. The zero-order valence-electron chi connectivity index (χ0n) is 10.9. The molecule has 3 aliphatic rings. The molecule has 1 heterocycles. The van der Waals surface area contributed by atoms with Gasteiger partial charge in [-0.1, -0.05) is 12.8 Å². The molecule has 0 spiro atoms. The van der Waals surface area contributed by atoms with Gasteiger partial charge in [0.25, 0.3) is 0 Å². The lowest BCUT2D eigenvalue weighted by Gasteiger charge is -2.33. The number of rotatable bonds is 2. The van der Waals surface area contributed by atoms with Gasteiger partial charge in [0.05, 0.1) is 17.8 Å². The quantitative estimate of drug-likeness (QED) is 0.766. The van der Waals surface area contributed by atoms with E-state index in [0.717, 1.165) is 32.1 Å². The molecule has 4 atom stereocenters. The summed E-state index contributed by atoms with van der Waals surface area (Å²) in [7, 11) is 0. The van der Waals surface area contributed by atoms with E-state index in [2.05, 4.69) is 0 Å². The Balaban J connectivity index is 1.77. The van der Waals surface area contributed by atoms with Crippen molar-refractivity contribution in [3.63, 3.8) is 0 Å². The van der Waals surface area contributed by atoms with Gasteiger partial charge in [-0.15, -0.1) is 0 Å². The predicted octanol–water partition coefficient (Wildman–Crippen LogP) is 1.41. The lowest BCUT2D eigenvalue weighted by Crippen LogP contribution is -2.44. The lowest BCUT2D eigenvalue weighted by atomic mass is 9.85. The largest absolute Gasteiger partial charge is 0.481 e. The van der Waals surface area contributed by atoms with Crippen molar-refractivity contribution < 1.29 is 19.5 Å². The van der Waals surface area contributed by atoms with Crippen LogP contribution in [0.4, 0.5) is 0 Å². The third-order valence-electron chi connectivity index (χ3n) is 4.99. The van der Waals surface area contributed by atoms with Crippen molar-refractivity contribution in [2.45, 2.75) is 51.0 Å². The maximum absolute atomic E-state index is 12.3. The number of carboxylic acid groups (broad SMARTS) is 1. The number of fused-ring (bicyclic) bond motifs is 1. The molecule has 5 heteroatoms. The molecule has 0 radical (unpaired) electrons. The SMILES string of the molecule is O=C(O)C1CCCC(N2C(=O)C3CCCC3C2=O)C1. The topological polar surface area (TPSA) is 74.7 Å². The molecule has 1 saturated heterocycles. The Morgan fingerprint density at radius 3 is 2.16 bits per heavy atom. The molecule has 2 amide bonds. The first-order valence-corrected chi connectivity index (χ1v) is 7.19. The van der Waals surface area contributed by atoms with Gasteiger partial charge in [-0.3, -0.25) is 19.3 Å². The summed E-state index contributed by atoms with van der Waals surface area (Å²) in [5, 5.41) is 9.10. The van der Waals surface area contributed by atoms with Gasteiger partial charge in [-0.25, -0.2) is 0 Å². The van der Waals surface area contributed by atoms with Crippen LogP contribution in [-0.2, 0) is 14.4 Å². The highest BCUT2D eigenvalue weighted by Gasteiger charge is 2.52. The van der Waals surface area contributed by atoms with Gasteiger partial charge in [0.2, 0.25) is 11.8 Å². The van der Waals surface area contributed by atoms with E-state index >= 15 is 0 Å². The van der Waals surface area contributed by atoms with Crippen LogP contribution in [0.3, 0.4) is 0 Å². The highest BCUT2D eigenvalue weighted by Crippen LogP contribution is 2.42. The van der Waals surface area contributed by atoms with Crippen LogP contribution < -0.4 is 0 Å². The molecule has 3 fully saturated rings. The smallest absolute Gasteiger partial charge is 0.306 e. The molecule has 0 aromatic rings. The fourth-order valence-corrected chi connectivity index (χ4v) is 4.00. The minimum absolute atomic E-state index is 0.0384. The van der Waals surface area contributed by atoms with E-state index in [1.54, 1.807) is 0 Å². The van der Waals surface area contributed by atoms with Gasteiger partial charge in [0.1, 0.15) is 0 Å². The number of aliphatic carboxylic acids is 1. The average molecular weight is 265 g/mol. The average Bonchev–Trinajstić information content (AvgIpc) is 2.95. The number of carboxylic acids is 1. The molecule has 0 bridgehead atoms. The number of amides is 2. The van der Waals surface area contributed by atoms with Gasteiger partial charge < -0.3 is 5.11 Å². The molecular weight excluding hydrogens is 246 g/mol. The van der Waals surface area contributed by atoms with Crippen molar-refractivity contribution in [1.82, 2.24) is 4.90 Å². The first kappa shape index (κ1) is 12.6. The molecule has 2 saturated carbocycles. The van der Waals surface area contributed by atoms with Crippen LogP contribution in [0.25, 0.3) is 0 Å². The summed E-state index contributed by atoms with van der Waals surface area (Å²) in [5.74, 6) is -1.51. The van der Waals surface area contributed by atoms with E-state index < -0.39 is 11.9 Å². The fraction of sp³-hybridized carbons (Fsp3) is 0.786. The van der Waals surface area contributed by atoms with E-state index in [1.165, 1.54) is 4.90 Å². The van der Waals surface area contributed by atoms with E-state index in [9.17, 15) is 14.4 Å². The van der Waals surface area contributed by atoms with E-state index in [-0.39, 0.29) is 29.7 Å². The van der Waals surface area contributed by atoms with Crippen LogP contribution in [0, 0.1) is 17.8 Å². The third-order valence-corrected chi connectivity index (χ3v) is 4.99. The Kier molecular flexibility index (Phi) is 3.07. The predicted molar refractivity (Wildman–Crippen MR) is 66.1 cm³/mol. The molecule has 3 rings (SSSR count). The Morgan fingerprint density at radius 1 is 1.00 bits per heavy atom. The summed E-state index contributed by atoms with van der Waals surface area (Å²) in [6.07, 6.45) is 5.25. The highest BCUT2D eigenvalue weighted by molar-refractivity contribution is 6.05. The molecular formula is C14H19NO4. The third kappa shape index (κ3) is 1.95. The van der Waals surface area contributed by atoms with Crippen molar-refractivity contribution in [2.75, 3.05) is 0 Å². The number of nitrogens with zero attached hydrogens (tertiary/aromatic N) is 1. The summed E-state index contributed by atoms with van der Waals surface area (Å²) in [4.78, 5) is 37.2.